The maximum atomic E-state index is 13.2. The zero-order chi connectivity index (χ0) is 57.5. The van der Waals surface area contributed by atoms with Crippen molar-refractivity contribution in [1.82, 2.24) is 0 Å². The lowest BCUT2D eigenvalue weighted by atomic mass is 9.87. The summed E-state index contributed by atoms with van der Waals surface area (Å²) in [6, 6.07) is 15.6. The molecule has 1 aliphatic rings. The van der Waals surface area contributed by atoms with E-state index in [9.17, 15) is 41.3 Å². The van der Waals surface area contributed by atoms with Gasteiger partial charge in [-0.2, -0.15) is 0 Å². The Hall–Kier alpha value is -8.80. The molecule has 0 unspecified atom stereocenters. The topological polar surface area (TPSA) is 337 Å². The van der Waals surface area contributed by atoms with E-state index in [-0.39, 0.29) is 78.3 Å². The number of benzene rings is 4. The van der Waals surface area contributed by atoms with Gasteiger partial charge in [-0.05, 0) is 168 Å². The third-order valence-electron chi connectivity index (χ3n) is 12.4. The first-order valence-electron chi connectivity index (χ1n) is 26.7. The lowest BCUT2D eigenvalue weighted by Gasteiger charge is -2.25. The molecular formula is C56H68N12O12. The number of carbonyl (C=O) groups excluding carboxylic acids is 4. The molecule has 0 N–H and O–H groups in total. The monoisotopic (exact) mass is 1100 g/mol. The second kappa shape index (κ2) is 34.2. The second-order valence-corrected chi connectivity index (χ2v) is 18.3. The maximum absolute atomic E-state index is 13.2. The highest BCUT2D eigenvalue weighted by molar-refractivity contribution is 5.73. The van der Waals surface area contributed by atoms with Crippen molar-refractivity contribution in [2.24, 2.45) is 20.5 Å². The van der Waals surface area contributed by atoms with Crippen molar-refractivity contribution in [3.8, 4) is 23.0 Å². The van der Waals surface area contributed by atoms with Crippen molar-refractivity contribution >= 4 is 23.9 Å². The number of fused-ring (bicyclic) bond motifs is 8. The highest BCUT2D eigenvalue weighted by Gasteiger charge is 2.26. The van der Waals surface area contributed by atoms with Gasteiger partial charge in [0, 0.05) is 71.5 Å². The summed E-state index contributed by atoms with van der Waals surface area (Å²) in [5, 5.41) is 15.1. The molecule has 80 heavy (non-hydrogen) atoms. The van der Waals surface area contributed by atoms with Gasteiger partial charge in [0.15, 0.2) is 26.4 Å². The standard InChI is InChI=1S/C56H68N12O12/c1-5-73-49(69)33-77-53-41-21-37(13-9-17-61-65-57)22-42(53)30-44-24-39(15-11-19-63-67-59)26-46(55(44)79-35-51(71)75-7-3)32-48-28-40(16-12-20-64-68-60)27-47(56(48)80-36-52(72)76-8-4)31-45-25-38(14-10-18-62-66-58)23-43(29-41)54(45)78-34-50(70)74-6-2/h21-28H,5-20,29-36H2,1-4H3. The molecule has 4 aromatic carbocycles. The van der Waals surface area contributed by atoms with Crippen molar-refractivity contribution in [3.63, 3.8) is 0 Å². The molecule has 0 fully saturated rings. The molecule has 0 amide bonds. The summed E-state index contributed by atoms with van der Waals surface area (Å²) in [7, 11) is 0. The molecule has 24 heteroatoms. The summed E-state index contributed by atoms with van der Waals surface area (Å²) in [5.74, 6) is -1.10. The Bertz CT molecular complexity index is 2510. The number of carbonyl (C=O) groups is 4. The number of ether oxygens (including phenoxy) is 8. The van der Waals surface area contributed by atoms with E-state index in [1.807, 2.05) is 48.5 Å². The van der Waals surface area contributed by atoms with Crippen LogP contribution in [-0.2, 0) is 89.5 Å². The zero-order valence-corrected chi connectivity index (χ0v) is 45.9. The quantitative estimate of drug-likeness (QED) is 0.00968. The van der Waals surface area contributed by atoms with E-state index in [1.165, 1.54) is 0 Å². The smallest absolute Gasteiger partial charge is 0.344 e. The number of azide groups is 4. The fourth-order valence-corrected chi connectivity index (χ4v) is 9.43. The Morgan fingerprint density at radius 2 is 0.550 bits per heavy atom. The van der Waals surface area contributed by atoms with Crippen LogP contribution >= 0.6 is 0 Å². The molecule has 0 saturated heterocycles. The Morgan fingerprint density at radius 3 is 0.713 bits per heavy atom. The molecule has 1 aliphatic carbocycles. The van der Waals surface area contributed by atoms with Crippen LogP contribution < -0.4 is 18.9 Å². The molecule has 0 aliphatic heterocycles. The molecule has 5 rings (SSSR count). The van der Waals surface area contributed by atoms with E-state index in [0.717, 1.165) is 22.3 Å². The first kappa shape index (κ1) is 62.0. The lowest BCUT2D eigenvalue weighted by molar-refractivity contribution is -0.146. The van der Waals surface area contributed by atoms with Crippen LogP contribution in [0.3, 0.4) is 0 Å². The highest BCUT2D eigenvalue weighted by atomic mass is 16.6. The normalized spacial score (nSPS) is 11.2. The number of hydrogen-bond donors (Lipinski definition) is 0. The number of rotatable bonds is 32. The number of esters is 4. The molecule has 4 aromatic rings. The van der Waals surface area contributed by atoms with Gasteiger partial charge in [-0.3, -0.25) is 0 Å². The third-order valence-corrected chi connectivity index (χ3v) is 12.4. The van der Waals surface area contributed by atoms with Crippen LogP contribution in [0.4, 0.5) is 0 Å². The van der Waals surface area contributed by atoms with E-state index in [2.05, 4.69) is 40.1 Å². The van der Waals surface area contributed by atoms with Crippen LogP contribution in [0.15, 0.2) is 69.0 Å². The Kier molecular flexibility index (Phi) is 26.5. The van der Waals surface area contributed by atoms with Crippen LogP contribution in [-0.4, -0.2) is 103 Å². The molecule has 0 aromatic heterocycles. The van der Waals surface area contributed by atoms with Gasteiger partial charge in [-0.25, -0.2) is 19.2 Å². The minimum Gasteiger partial charge on any atom is -0.481 e. The fraction of sp³-hybridized carbons (Fsp3) is 0.500. The largest absolute Gasteiger partial charge is 0.481 e. The molecule has 8 bridgehead atoms. The van der Waals surface area contributed by atoms with E-state index in [0.29, 0.717) is 119 Å². The van der Waals surface area contributed by atoms with Crippen molar-refractivity contribution in [2.75, 3.05) is 79.0 Å². The molecule has 424 valence electrons. The molecular weight excluding hydrogens is 1030 g/mol. The molecule has 0 spiro atoms. The van der Waals surface area contributed by atoms with Crippen LogP contribution in [0.5, 0.6) is 23.0 Å². The van der Waals surface area contributed by atoms with E-state index < -0.39 is 50.3 Å². The average molecular weight is 1100 g/mol. The predicted octanol–water partition coefficient (Wildman–Crippen LogP) is 11.1. The Balaban J connectivity index is 1.99. The molecule has 0 saturated carbocycles. The van der Waals surface area contributed by atoms with Gasteiger partial charge in [0.05, 0.1) is 26.4 Å². The minimum atomic E-state index is -0.616. The van der Waals surface area contributed by atoms with Crippen LogP contribution in [0.1, 0.15) is 120 Å². The van der Waals surface area contributed by atoms with Gasteiger partial charge in [0.1, 0.15) is 23.0 Å². The number of aryl methyl sites for hydroxylation is 4. The van der Waals surface area contributed by atoms with Crippen molar-refractivity contribution in [3.05, 3.63) is 157 Å². The summed E-state index contributed by atoms with van der Waals surface area (Å²) in [6.45, 7) is 6.17. The van der Waals surface area contributed by atoms with Gasteiger partial charge >= 0.3 is 23.9 Å². The van der Waals surface area contributed by atoms with Gasteiger partial charge in [0.25, 0.3) is 0 Å². The Labute approximate surface area is 463 Å². The summed E-state index contributed by atoms with van der Waals surface area (Å²) >= 11 is 0. The number of nitrogens with zero attached hydrogens (tertiary/aromatic N) is 12. The predicted molar refractivity (Wildman–Crippen MR) is 295 cm³/mol. The summed E-state index contributed by atoms with van der Waals surface area (Å²) in [5.41, 5.74) is 44.9. The van der Waals surface area contributed by atoms with Crippen molar-refractivity contribution in [2.45, 2.75) is 105 Å². The first-order valence-corrected chi connectivity index (χ1v) is 26.7. The van der Waals surface area contributed by atoms with Crippen molar-refractivity contribution < 1.29 is 57.1 Å². The van der Waals surface area contributed by atoms with Crippen molar-refractivity contribution in [1.29, 1.82) is 0 Å². The van der Waals surface area contributed by atoms with E-state index in [4.69, 9.17) is 37.9 Å². The number of hydrogen-bond acceptors (Lipinski definition) is 16. The second-order valence-electron chi connectivity index (χ2n) is 18.3. The maximum Gasteiger partial charge on any atom is 0.344 e. The molecule has 0 atom stereocenters. The van der Waals surface area contributed by atoms with Gasteiger partial charge in [-0.1, -0.05) is 69.0 Å². The summed E-state index contributed by atoms with van der Waals surface area (Å²) < 4.78 is 47.7. The zero-order valence-electron chi connectivity index (χ0n) is 45.9. The minimum absolute atomic E-state index is 0.0958. The average Bonchev–Trinajstić information content (AvgIpc) is 3.42. The molecule has 0 heterocycles. The molecule has 0 radical (unpaired) electrons. The highest BCUT2D eigenvalue weighted by Crippen LogP contribution is 2.41. The van der Waals surface area contributed by atoms with E-state index in [1.54, 1.807) is 27.7 Å². The first-order chi connectivity index (χ1) is 39.0. The summed E-state index contributed by atoms with van der Waals surface area (Å²) in [6.07, 6.45) is 4.14. The fourth-order valence-electron chi connectivity index (χ4n) is 9.43. The lowest BCUT2D eigenvalue weighted by Crippen LogP contribution is -2.19. The van der Waals surface area contributed by atoms with Gasteiger partial charge in [-0.15, -0.1) is 0 Å². The van der Waals surface area contributed by atoms with Crippen LogP contribution in [0, 0.1) is 0 Å². The van der Waals surface area contributed by atoms with E-state index >= 15 is 0 Å². The van der Waals surface area contributed by atoms with Crippen LogP contribution in [0.2, 0.25) is 0 Å². The molecule has 24 nitrogen and oxygen atoms in total. The van der Waals surface area contributed by atoms with Gasteiger partial charge < -0.3 is 37.9 Å². The Morgan fingerprint density at radius 1 is 0.362 bits per heavy atom. The SMILES string of the molecule is CCOC(=O)COc1c2cc(CCCN=[N+]=[N-])cc1Cc1cc(CCCN=[N+]=[N-])cc(c1OCC(=O)OCC)Cc1cc(CCCN=[N+]=[N-])cc(c1OCC(=O)OCC)Cc1cc(CCCN=[N+]=[N-])cc(c1OCC(=O)OCC)C2. The van der Waals surface area contributed by atoms with Gasteiger partial charge in [0.2, 0.25) is 0 Å². The summed E-state index contributed by atoms with van der Waals surface area (Å²) in [4.78, 5) is 64.7. The van der Waals surface area contributed by atoms with Crippen LogP contribution in [0.25, 0.3) is 41.8 Å². The third kappa shape index (κ3) is 19.9.